The Balaban J connectivity index is 2.51. The molecule has 1 unspecified atom stereocenters. The number of aryl methyl sites for hydroxylation is 2. The number of ether oxygens (including phenoxy) is 2. The molecule has 0 saturated heterocycles. The minimum absolute atomic E-state index is 0.0351. The molecule has 0 fully saturated rings. The van der Waals surface area contributed by atoms with E-state index in [4.69, 9.17) is 9.47 Å². The van der Waals surface area contributed by atoms with Gasteiger partial charge in [-0.3, -0.25) is 0 Å². The van der Waals surface area contributed by atoms with Gasteiger partial charge in [0, 0.05) is 0 Å². The number of halogens is 1. The molecule has 2 aromatic carbocycles. The van der Waals surface area contributed by atoms with Crippen molar-refractivity contribution in [2.45, 2.75) is 18.7 Å². The van der Waals surface area contributed by atoms with Gasteiger partial charge in [0.1, 0.15) is 11.5 Å². The summed E-state index contributed by atoms with van der Waals surface area (Å²) in [6.45, 7) is 4.24. The average Bonchev–Trinajstić information content (AvgIpc) is 2.48. The summed E-state index contributed by atoms with van der Waals surface area (Å²) in [7, 11) is 3.36. The Bertz CT molecular complexity index is 586. The highest BCUT2D eigenvalue weighted by Gasteiger charge is 2.20. The van der Waals surface area contributed by atoms with Crippen molar-refractivity contribution in [3.05, 3.63) is 58.7 Å². The normalized spacial score (nSPS) is 12.1. The minimum atomic E-state index is 0.0351. The Hall–Kier alpha value is -1.48. The van der Waals surface area contributed by atoms with Crippen molar-refractivity contribution in [2.24, 2.45) is 0 Å². The van der Waals surface area contributed by atoms with Gasteiger partial charge in [-0.05, 0) is 42.7 Å². The maximum absolute atomic E-state index is 5.47. The van der Waals surface area contributed by atoms with Crippen LogP contribution in [0, 0.1) is 13.8 Å². The monoisotopic (exact) mass is 334 g/mol. The van der Waals surface area contributed by atoms with E-state index in [1.807, 2.05) is 18.2 Å². The van der Waals surface area contributed by atoms with Crippen LogP contribution in [0.2, 0.25) is 0 Å². The molecule has 0 amide bonds. The summed E-state index contributed by atoms with van der Waals surface area (Å²) in [6, 6.07) is 12.3. The van der Waals surface area contributed by atoms with Crippen LogP contribution >= 0.6 is 15.9 Å². The second-order valence-electron chi connectivity index (χ2n) is 4.78. The summed E-state index contributed by atoms with van der Waals surface area (Å²) in [6.07, 6.45) is 0. The van der Waals surface area contributed by atoms with E-state index in [2.05, 4.69) is 48.0 Å². The SMILES string of the molecule is COc1cccc(OC)c1C(Br)c1ccc(C)c(C)c1. The summed E-state index contributed by atoms with van der Waals surface area (Å²) in [5.74, 6) is 1.65. The van der Waals surface area contributed by atoms with Crippen molar-refractivity contribution < 1.29 is 9.47 Å². The largest absolute Gasteiger partial charge is 0.496 e. The smallest absolute Gasteiger partial charge is 0.127 e. The van der Waals surface area contributed by atoms with Crippen LogP contribution in [0.15, 0.2) is 36.4 Å². The second kappa shape index (κ2) is 6.31. The van der Waals surface area contributed by atoms with E-state index < -0.39 is 0 Å². The van der Waals surface area contributed by atoms with Crippen molar-refractivity contribution in [3.63, 3.8) is 0 Å². The van der Waals surface area contributed by atoms with Gasteiger partial charge in [-0.2, -0.15) is 0 Å². The van der Waals surface area contributed by atoms with Crippen LogP contribution in [0.1, 0.15) is 27.1 Å². The zero-order valence-electron chi connectivity index (χ0n) is 12.2. The quantitative estimate of drug-likeness (QED) is 0.747. The molecule has 1 atom stereocenters. The lowest BCUT2D eigenvalue weighted by molar-refractivity contribution is 0.386. The van der Waals surface area contributed by atoms with E-state index in [0.717, 1.165) is 17.1 Å². The molecule has 0 aliphatic heterocycles. The van der Waals surface area contributed by atoms with E-state index in [1.54, 1.807) is 14.2 Å². The van der Waals surface area contributed by atoms with E-state index in [9.17, 15) is 0 Å². The van der Waals surface area contributed by atoms with Gasteiger partial charge in [-0.15, -0.1) is 0 Å². The molecule has 20 heavy (non-hydrogen) atoms. The minimum Gasteiger partial charge on any atom is -0.496 e. The van der Waals surface area contributed by atoms with Gasteiger partial charge in [0.05, 0.1) is 24.6 Å². The van der Waals surface area contributed by atoms with Gasteiger partial charge in [-0.1, -0.05) is 40.2 Å². The Kier molecular flexibility index (Phi) is 4.71. The van der Waals surface area contributed by atoms with Crippen LogP contribution < -0.4 is 9.47 Å². The van der Waals surface area contributed by atoms with Crippen molar-refractivity contribution in [2.75, 3.05) is 14.2 Å². The predicted molar refractivity (Wildman–Crippen MR) is 86.2 cm³/mol. The van der Waals surface area contributed by atoms with Crippen LogP contribution in [-0.2, 0) is 0 Å². The Morgan fingerprint density at radius 1 is 0.900 bits per heavy atom. The summed E-state index contributed by atoms with van der Waals surface area (Å²) in [5.41, 5.74) is 4.78. The first-order valence-electron chi connectivity index (χ1n) is 6.50. The van der Waals surface area contributed by atoms with Gasteiger partial charge in [-0.25, -0.2) is 0 Å². The zero-order chi connectivity index (χ0) is 14.7. The van der Waals surface area contributed by atoms with E-state index in [1.165, 1.54) is 16.7 Å². The molecular weight excluding hydrogens is 316 g/mol. The van der Waals surface area contributed by atoms with Gasteiger partial charge >= 0.3 is 0 Å². The first kappa shape index (κ1) is 14.9. The zero-order valence-corrected chi connectivity index (χ0v) is 13.8. The fourth-order valence-corrected chi connectivity index (χ4v) is 2.95. The molecule has 0 spiro atoms. The summed E-state index contributed by atoms with van der Waals surface area (Å²) >= 11 is 3.78. The molecule has 0 aromatic heterocycles. The molecule has 0 N–H and O–H groups in total. The molecule has 0 heterocycles. The first-order valence-corrected chi connectivity index (χ1v) is 7.42. The third-order valence-corrected chi connectivity index (χ3v) is 4.53. The molecule has 0 aliphatic rings. The highest BCUT2D eigenvalue weighted by atomic mass is 79.9. The molecule has 0 saturated carbocycles. The average molecular weight is 335 g/mol. The number of methoxy groups -OCH3 is 2. The number of hydrogen-bond acceptors (Lipinski definition) is 2. The fraction of sp³-hybridized carbons (Fsp3) is 0.294. The summed E-state index contributed by atoms with van der Waals surface area (Å²) < 4.78 is 10.9. The molecule has 2 rings (SSSR count). The van der Waals surface area contributed by atoms with E-state index in [-0.39, 0.29) is 4.83 Å². The Morgan fingerprint density at radius 3 is 2.00 bits per heavy atom. The maximum atomic E-state index is 5.47. The third-order valence-electron chi connectivity index (χ3n) is 3.54. The van der Waals surface area contributed by atoms with Crippen LogP contribution in [0.5, 0.6) is 11.5 Å². The lowest BCUT2D eigenvalue weighted by atomic mass is 9.99. The number of rotatable bonds is 4. The molecule has 0 radical (unpaired) electrons. The number of hydrogen-bond donors (Lipinski definition) is 0. The number of benzene rings is 2. The van der Waals surface area contributed by atoms with Crippen LogP contribution in [-0.4, -0.2) is 14.2 Å². The Morgan fingerprint density at radius 2 is 1.50 bits per heavy atom. The van der Waals surface area contributed by atoms with Crippen molar-refractivity contribution in [1.82, 2.24) is 0 Å². The molecule has 2 nitrogen and oxygen atoms in total. The van der Waals surface area contributed by atoms with E-state index in [0.29, 0.717) is 0 Å². The second-order valence-corrected chi connectivity index (χ2v) is 5.70. The molecule has 0 bridgehead atoms. The molecule has 3 heteroatoms. The summed E-state index contributed by atoms with van der Waals surface area (Å²) in [5, 5.41) is 0. The van der Waals surface area contributed by atoms with E-state index >= 15 is 0 Å². The van der Waals surface area contributed by atoms with Gasteiger partial charge in [0.2, 0.25) is 0 Å². The fourth-order valence-electron chi connectivity index (χ4n) is 2.22. The topological polar surface area (TPSA) is 18.5 Å². The lowest BCUT2D eigenvalue weighted by Gasteiger charge is -2.18. The number of alkyl halides is 1. The van der Waals surface area contributed by atoms with Gasteiger partial charge in [0.25, 0.3) is 0 Å². The molecule has 0 aliphatic carbocycles. The maximum Gasteiger partial charge on any atom is 0.127 e. The van der Waals surface area contributed by atoms with Gasteiger partial charge < -0.3 is 9.47 Å². The molecular formula is C17H19BrO2. The van der Waals surface area contributed by atoms with Gasteiger partial charge in [0.15, 0.2) is 0 Å². The summed E-state index contributed by atoms with van der Waals surface area (Å²) in [4.78, 5) is 0.0351. The highest BCUT2D eigenvalue weighted by Crippen LogP contribution is 2.42. The standard InChI is InChI=1S/C17H19BrO2/c1-11-8-9-13(10-12(11)2)17(18)16-14(19-3)6-5-7-15(16)20-4/h5-10,17H,1-4H3. The Labute approximate surface area is 128 Å². The molecule has 2 aromatic rings. The third kappa shape index (κ3) is 2.83. The van der Waals surface area contributed by atoms with Crippen LogP contribution in [0.25, 0.3) is 0 Å². The predicted octanol–water partition coefficient (Wildman–Crippen LogP) is 4.80. The van der Waals surface area contributed by atoms with Crippen LogP contribution in [0.3, 0.4) is 0 Å². The van der Waals surface area contributed by atoms with Crippen molar-refractivity contribution in [1.29, 1.82) is 0 Å². The van der Waals surface area contributed by atoms with Crippen molar-refractivity contribution >= 4 is 15.9 Å². The molecule has 106 valence electrons. The lowest BCUT2D eigenvalue weighted by Crippen LogP contribution is -2.01. The highest BCUT2D eigenvalue weighted by molar-refractivity contribution is 9.09. The first-order chi connectivity index (χ1) is 9.58. The van der Waals surface area contributed by atoms with Crippen molar-refractivity contribution in [3.8, 4) is 11.5 Å². The van der Waals surface area contributed by atoms with Crippen LogP contribution in [0.4, 0.5) is 0 Å².